The van der Waals surface area contributed by atoms with E-state index in [1.807, 2.05) is 0 Å². The molecule has 0 aliphatic heterocycles. The molecule has 0 saturated heterocycles. The SMILES string of the molecule is O=[S-](=O)S(=O)(=O)O.[Cr]. The summed E-state index contributed by atoms with van der Waals surface area (Å²) < 4.78 is 44.4. The summed E-state index contributed by atoms with van der Waals surface area (Å²) in [6.45, 7) is 0. The summed E-state index contributed by atoms with van der Waals surface area (Å²) in [5, 5.41) is 0. The minimum Gasteiger partial charge on any atom is -0.407 e. The monoisotopic (exact) mass is 197 g/mol. The predicted octanol–water partition coefficient (Wildman–Crippen LogP) is -0.904. The van der Waals surface area contributed by atoms with Crippen LogP contribution >= 0.6 is 0 Å². The van der Waals surface area contributed by atoms with Crippen LogP contribution in [0.25, 0.3) is 0 Å². The molecule has 0 aliphatic rings. The van der Waals surface area contributed by atoms with Gasteiger partial charge in [0.1, 0.15) is 0 Å². The smallest absolute Gasteiger partial charge is 0.249 e. The standard InChI is InChI=1S/Cr.HO5S2/c;1-6(2)7(3,4)5/h;(H,3,4,5)/q;-1. The first-order valence-electron chi connectivity index (χ1n) is 1.02. The van der Waals surface area contributed by atoms with Crippen molar-refractivity contribution in [2.45, 2.75) is 0 Å². The summed E-state index contributed by atoms with van der Waals surface area (Å²) in [5.74, 6) is 0. The van der Waals surface area contributed by atoms with Gasteiger partial charge in [-0.25, -0.2) is 8.42 Å². The van der Waals surface area contributed by atoms with Crippen molar-refractivity contribution in [3.8, 4) is 0 Å². The Bertz CT molecular complexity index is 199. The molecule has 8 heteroatoms. The van der Waals surface area contributed by atoms with Crippen molar-refractivity contribution < 1.29 is 38.7 Å². The maximum atomic E-state index is 9.27. The van der Waals surface area contributed by atoms with Gasteiger partial charge >= 0.3 is 0 Å². The zero-order valence-electron chi connectivity index (χ0n) is 3.30. The summed E-state index contributed by atoms with van der Waals surface area (Å²) in [7, 11) is -8.23. The van der Waals surface area contributed by atoms with Crippen LogP contribution in [0, 0.1) is 0 Å². The fourth-order valence-electron chi connectivity index (χ4n) is 0. The van der Waals surface area contributed by atoms with Gasteiger partial charge in [-0.15, -0.1) is 0 Å². The van der Waals surface area contributed by atoms with E-state index in [-0.39, 0.29) is 17.4 Å². The van der Waals surface area contributed by atoms with Gasteiger partial charge in [-0.05, 0) is 0 Å². The van der Waals surface area contributed by atoms with Crippen LogP contribution in [-0.2, 0) is 44.7 Å². The van der Waals surface area contributed by atoms with Gasteiger partial charge in [-0.2, -0.15) is 0 Å². The first-order chi connectivity index (χ1) is 2.94. The van der Waals surface area contributed by atoms with Crippen LogP contribution in [0.1, 0.15) is 0 Å². The zero-order valence-corrected chi connectivity index (χ0v) is 6.21. The van der Waals surface area contributed by atoms with Gasteiger partial charge in [0.2, 0.25) is 9.15 Å². The van der Waals surface area contributed by atoms with E-state index in [2.05, 4.69) is 0 Å². The molecule has 0 saturated carbocycles. The Kier molecular flexibility index (Phi) is 4.80. The Labute approximate surface area is 57.9 Å². The van der Waals surface area contributed by atoms with Crippen molar-refractivity contribution >= 4 is 18.9 Å². The van der Waals surface area contributed by atoms with Crippen molar-refractivity contribution in [3.63, 3.8) is 0 Å². The molecule has 0 bridgehead atoms. The third-order valence-electron chi connectivity index (χ3n) is 0.172. The molecule has 0 fully saturated rings. The Hall–Kier alpha value is 0.392. The van der Waals surface area contributed by atoms with Gasteiger partial charge in [0.05, 0.1) is 9.74 Å². The van der Waals surface area contributed by atoms with Crippen LogP contribution < -0.4 is 0 Å². The van der Waals surface area contributed by atoms with Gasteiger partial charge in [-0.1, -0.05) is 0 Å². The van der Waals surface area contributed by atoms with Crippen LogP contribution in [0.2, 0.25) is 0 Å². The maximum Gasteiger partial charge on any atom is 0.249 e. The van der Waals surface area contributed by atoms with E-state index in [9.17, 15) is 16.8 Å². The third-order valence-corrected chi connectivity index (χ3v) is 1.55. The fourth-order valence-corrected chi connectivity index (χ4v) is 0. The molecule has 0 aromatic carbocycles. The van der Waals surface area contributed by atoms with E-state index in [0.29, 0.717) is 0 Å². The Morgan fingerprint density at radius 3 is 1.38 bits per heavy atom. The molecule has 50 valence electrons. The molecule has 0 unspecified atom stereocenters. The molecule has 0 rings (SSSR count). The maximum absolute atomic E-state index is 9.27. The molecule has 1 N–H and O–H groups in total. The average Bonchev–Trinajstić information content (AvgIpc) is 1.31. The Morgan fingerprint density at radius 1 is 1.25 bits per heavy atom. The molecule has 0 heterocycles. The average molecular weight is 197 g/mol. The van der Waals surface area contributed by atoms with Crippen molar-refractivity contribution in [2.75, 3.05) is 0 Å². The van der Waals surface area contributed by atoms with E-state index in [0.717, 1.165) is 0 Å². The second kappa shape index (κ2) is 3.42. The molecule has 0 aromatic rings. The van der Waals surface area contributed by atoms with Crippen LogP contribution in [0.3, 0.4) is 0 Å². The van der Waals surface area contributed by atoms with Crippen LogP contribution in [0.4, 0.5) is 0 Å². The molecule has 0 aromatic heterocycles. The van der Waals surface area contributed by atoms with Crippen LogP contribution in [0.5, 0.6) is 0 Å². The second-order valence-corrected chi connectivity index (χ2v) is 3.98. The van der Waals surface area contributed by atoms with E-state index in [1.54, 1.807) is 0 Å². The summed E-state index contributed by atoms with van der Waals surface area (Å²) in [4.78, 5) is 0. The number of rotatable bonds is 1. The minimum atomic E-state index is -4.82. The molecule has 0 amide bonds. The van der Waals surface area contributed by atoms with E-state index in [1.165, 1.54) is 0 Å². The largest absolute Gasteiger partial charge is 0.407 e. The molecule has 0 spiro atoms. The molecule has 5 nitrogen and oxygen atoms in total. The van der Waals surface area contributed by atoms with Crippen LogP contribution in [-0.4, -0.2) is 13.0 Å². The summed E-state index contributed by atoms with van der Waals surface area (Å²) in [6, 6.07) is 0. The number of hydrogen-bond acceptors (Lipinski definition) is 5. The summed E-state index contributed by atoms with van der Waals surface area (Å²) in [5.41, 5.74) is 0. The molecule has 0 radical (unpaired) electrons. The predicted molar refractivity (Wildman–Crippen MR) is 20.3 cm³/mol. The normalized spacial score (nSPS) is 10.8. The van der Waals surface area contributed by atoms with Crippen molar-refractivity contribution in [3.05, 3.63) is 0 Å². The van der Waals surface area contributed by atoms with Crippen LogP contribution in [0.15, 0.2) is 0 Å². The quantitative estimate of drug-likeness (QED) is 0.334. The van der Waals surface area contributed by atoms with Crippen molar-refractivity contribution in [1.82, 2.24) is 0 Å². The van der Waals surface area contributed by atoms with E-state index in [4.69, 9.17) is 4.55 Å². The molecule has 0 aliphatic carbocycles. The number of hydrogen-bond donors (Lipinski definition) is 1. The van der Waals surface area contributed by atoms with Crippen molar-refractivity contribution in [2.24, 2.45) is 0 Å². The first kappa shape index (κ1) is 11.2. The third kappa shape index (κ3) is 4.55. The Balaban J connectivity index is 0. The summed E-state index contributed by atoms with van der Waals surface area (Å²) >= 11 is 0. The van der Waals surface area contributed by atoms with E-state index >= 15 is 0 Å². The molecular weight excluding hydrogens is 196 g/mol. The molecule has 0 atom stereocenters. The van der Waals surface area contributed by atoms with Gasteiger partial charge in [0.15, 0.2) is 0 Å². The fraction of sp³-hybridized carbons (Fsp3) is 0. The van der Waals surface area contributed by atoms with Gasteiger partial charge < -0.3 is 8.42 Å². The topological polar surface area (TPSA) is 88.5 Å². The molecule has 8 heavy (non-hydrogen) atoms. The zero-order chi connectivity index (χ0) is 6.08. The van der Waals surface area contributed by atoms with Gasteiger partial charge in [-0.3, -0.25) is 4.55 Å². The Morgan fingerprint density at radius 2 is 1.38 bits per heavy atom. The summed E-state index contributed by atoms with van der Waals surface area (Å²) in [6.07, 6.45) is 0. The van der Waals surface area contributed by atoms with Gasteiger partial charge in [0.25, 0.3) is 0 Å². The first-order valence-corrected chi connectivity index (χ1v) is 4.05. The van der Waals surface area contributed by atoms with Crippen molar-refractivity contribution in [1.29, 1.82) is 0 Å². The molecular formula is HCrO5S2-. The second-order valence-electron chi connectivity index (χ2n) is 0.632. The van der Waals surface area contributed by atoms with E-state index < -0.39 is 18.9 Å². The minimum absolute atomic E-state index is 0. The van der Waals surface area contributed by atoms with Gasteiger partial charge in [0, 0.05) is 17.4 Å².